The van der Waals surface area contributed by atoms with Gasteiger partial charge in [0, 0.05) is 50.6 Å². The molecule has 9 nitrogen and oxygen atoms in total. The molecular weight excluding hydrogens is 883 g/mol. The summed E-state index contributed by atoms with van der Waals surface area (Å²) in [6.45, 7) is 26.1. The Labute approximate surface area is 410 Å². The van der Waals surface area contributed by atoms with E-state index < -0.39 is 28.4 Å². The first-order chi connectivity index (χ1) is 32.1. The summed E-state index contributed by atoms with van der Waals surface area (Å²) in [5.41, 5.74) is 2.19. The number of carbonyl (C=O) groups is 1. The Morgan fingerprint density at radius 2 is 1.43 bits per heavy atom. The third-order valence-electron chi connectivity index (χ3n) is 14.3. The second-order valence-corrected chi connectivity index (χ2v) is 31.0. The van der Waals surface area contributed by atoms with E-state index in [2.05, 4.69) is 164 Å². The molecule has 1 heterocycles. The highest BCUT2D eigenvalue weighted by atomic mass is 28.4. The summed E-state index contributed by atoms with van der Waals surface area (Å²) >= 11 is 0. The number of carbonyl (C=O) groups excluding carboxylic acids is 1. The fourth-order valence-electron chi connectivity index (χ4n) is 9.52. The highest BCUT2D eigenvalue weighted by molar-refractivity contribution is 6.99. The molecule has 0 radical (unpaired) electrons. The zero-order valence-electron chi connectivity index (χ0n) is 43.1. The van der Waals surface area contributed by atoms with Gasteiger partial charge in [0.05, 0.1) is 26.9 Å². The van der Waals surface area contributed by atoms with E-state index in [4.69, 9.17) is 32.5 Å². The van der Waals surface area contributed by atoms with Gasteiger partial charge in [-0.1, -0.05) is 134 Å². The average molecular weight is 962 g/mol. The molecule has 0 saturated heterocycles. The molecule has 0 bridgehead atoms. The van der Waals surface area contributed by atoms with E-state index >= 15 is 0 Å². The van der Waals surface area contributed by atoms with Crippen LogP contribution in [0.5, 0.6) is 17.2 Å². The minimum absolute atomic E-state index is 0.0588. The molecule has 2 aliphatic rings. The Hall–Kier alpha value is -4.66. The molecule has 1 saturated carbocycles. The van der Waals surface area contributed by atoms with E-state index in [0.717, 1.165) is 47.6 Å². The molecule has 1 N–H and O–H groups in total. The first kappa shape index (κ1) is 52.7. The highest BCUT2D eigenvalue weighted by Crippen LogP contribution is 2.42. The van der Waals surface area contributed by atoms with Gasteiger partial charge in [0.15, 0.2) is 8.32 Å². The second-order valence-electron chi connectivity index (χ2n) is 21.9. The molecule has 1 fully saturated rings. The standard InChI is InChI=1S/C57H79NO8Si2/c1-41-24-32-51(44(34-41)39-62-67(12,13)55(2,3)4)52(33-31-48-37-54(59)66-57(8,9)65-48)64-46-28-25-42(26-29-46)35-45(58-38-43-27-30-47(60-10)36-53(43)61-11)40-63-68(56(5,6)7,49-20-16-14-17-21-49)50-22-18-15-19-23-50/h14-23,25-31,33,36-37,41,44-45,51-52,58H,24,32,34-35,38-40H2,1-13H3/b33-31+/t41-,44+,45+,51-,52-/m1/s1. The van der Waals surface area contributed by atoms with E-state index in [1.165, 1.54) is 16.4 Å². The first-order valence-corrected chi connectivity index (χ1v) is 29.4. The van der Waals surface area contributed by atoms with Crippen LogP contribution in [-0.4, -0.2) is 68.0 Å². The van der Waals surface area contributed by atoms with Crippen LogP contribution in [0.3, 0.4) is 0 Å². The summed E-state index contributed by atoms with van der Waals surface area (Å²) in [7, 11) is -1.47. The monoisotopic (exact) mass is 962 g/mol. The van der Waals surface area contributed by atoms with Crippen molar-refractivity contribution in [2.45, 2.75) is 136 Å². The van der Waals surface area contributed by atoms with Crippen LogP contribution in [0.15, 0.2) is 127 Å². The van der Waals surface area contributed by atoms with Crippen LogP contribution >= 0.6 is 0 Å². The lowest BCUT2D eigenvalue weighted by molar-refractivity contribution is -0.203. The summed E-state index contributed by atoms with van der Waals surface area (Å²) in [5.74, 6) is 2.36. The number of hydrogen-bond acceptors (Lipinski definition) is 9. The number of allylic oxidation sites excluding steroid dienone is 1. The van der Waals surface area contributed by atoms with Crippen molar-refractivity contribution in [3.63, 3.8) is 0 Å². The maximum atomic E-state index is 12.5. The Bertz CT molecular complexity index is 2260. The van der Waals surface area contributed by atoms with E-state index in [-0.39, 0.29) is 28.1 Å². The van der Waals surface area contributed by atoms with E-state index in [1.807, 2.05) is 18.2 Å². The molecule has 0 aromatic heterocycles. The molecule has 11 heteroatoms. The largest absolute Gasteiger partial charge is 0.497 e. The van der Waals surface area contributed by atoms with Gasteiger partial charge in [-0.2, -0.15) is 0 Å². The fourth-order valence-corrected chi connectivity index (χ4v) is 15.2. The number of ether oxygens (including phenoxy) is 5. The van der Waals surface area contributed by atoms with Crippen molar-refractivity contribution in [2.75, 3.05) is 27.4 Å². The quantitative estimate of drug-likeness (QED) is 0.0686. The maximum Gasteiger partial charge on any atom is 0.337 e. The third kappa shape index (κ3) is 13.4. The maximum absolute atomic E-state index is 12.5. The van der Waals surface area contributed by atoms with Gasteiger partial charge in [-0.3, -0.25) is 0 Å². The van der Waals surface area contributed by atoms with Crippen molar-refractivity contribution in [1.82, 2.24) is 5.32 Å². The Morgan fingerprint density at radius 3 is 2.00 bits per heavy atom. The van der Waals surface area contributed by atoms with Gasteiger partial charge >= 0.3 is 5.97 Å². The third-order valence-corrected chi connectivity index (χ3v) is 23.8. The molecule has 6 rings (SSSR count). The molecule has 68 heavy (non-hydrogen) atoms. The van der Waals surface area contributed by atoms with E-state index in [0.29, 0.717) is 43.8 Å². The molecule has 0 spiro atoms. The Kier molecular flexibility index (Phi) is 17.4. The van der Waals surface area contributed by atoms with Crippen molar-refractivity contribution in [3.8, 4) is 17.2 Å². The predicted molar refractivity (Wildman–Crippen MR) is 280 cm³/mol. The number of benzene rings is 4. The lowest BCUT2D eigenvalue weighted by Crippen LogP contribution is -2.67. The van der Waals surface area contributed by atoms with Crippen LogP contribution in [0.4, 0.5) is 0 Å². The topological polar surface area (TPSA) is 93.7 Å². The van der Waals surface area contributed by atoms with Crippen LogP contribution in [0.1, 0.15) is 92.7 Å². The van der Waals surface area contributed by atoms with Gasteiger partial charge in [-0.05, 0) is 101 Å². The van der Waals surface area contributed by atoms with Gasteiger partial charge in [0.2, 0.25) is 5.79 Å². The lowest BCUT2D eigenvalue weighted by Gasteiger charge is -2.43. The van der Waals surface area contributed by atoms with Crippen molar-refractivity contribution in [2.24, 2.45) is 17.8 Å². The van der Waals surface area contributed by atoms with Crippen molar-refractivity contribution < 1.29 is 37.3 Å². The first-order valence-electron chi connectivity index (χ1n) is 24.5. The van der Waals surface area contributed by atoms with Crippen LogP contribution < -0.4 is 29.9 Å². The van der Waals surface area contributed by atoms with Gasteiger partial charge in [0.25, 0.3) is 8.32 Å². The zero-order valence-corrected chi connectivity index (χ0v) is 45.1. The van der Waals surface area contributed by atoms with Crippen molar-refractivity contribution in [3.05, 3.63) is 138 Å². The van der Waals surface area contributed by atoms with E-state index in [1.54, 1.807) is 28.1 Å². The summed E-state index contributed by atoms with van der Waals surface area (Å²) in [6.07, 6.45) is 8.96. The molecule has 5 atom stereocenters. The highest BCUT2D eigenvalue weighted by Gasteiger charge is 2.50. The van der Waals surface area contributed by atoms with Gasteiger partial charge in [-0.25, -0.2) is 4.79 Å². The Morgan fingerprint density at radius 1 is 0.794 bits per heavy atom. The van der Waals surface area contributed by atoms with Crippen molar-refractivity contribution >= 4 is 33.0 Å². The lowest BCUT2D eigenvalue weighted by atomic mass is 9.72. The van der Waals surface area contributed by atoms with Gasteiger partial charge < -0.3 is 37.9 Å². The Balaban J connectivity index is 1.30. The number of rotatable bonds is 20. The number of esters is 1. The number of nitrogens with one attached hydrogen (secondary N) is 1. The van der Waals surface area contributed by atoms with Gasteiger partial charge in [0.1, 0.15) is 29.1 Å². The minimum atomic E-state index is -2.83. The molecule has 4 aromatic rings. The molecule has 0 amide bonds. The van der Waals surface area contributed by atoms with Gasteiger partial charge in [-0.15, -0.1) is 0 Å². The molecule has 368 valence electrons. The number of cyclic esters (lactones) is 1. The molecule has 1 aliphatic heterocycles. The predicted octanol–water partition coefficient (Wildman–Crippen LogP) is 11.6. The van der Waals surface area contributed by atoms with Crippen LogP contribution in [0.2, 0.25) is 23.2 Å². The summed E-state index contributed by atoms with van der Waals surface area (Å²) in [6, 6.07) is 36.0. The SMILES string of the molecule is COc1ccc(CN[C@H](CO[Si](c2ccccc2)(c2ccccc2)C(C)(C)C)Cc2ccc(O[C@H](/C=C/C3=CC(=O)OC(C)(C)O3)[C@@H]3CC[C@@H](C)C[C@H]3CO[Si](C)(C)C(C)(C)C)cc2)c(OC)c1. The smallest absolute Gasteiger partial charge is 0.337 e. The molecule has 0 unspecified atom stereocenters. The van der Waals surface area contributed by atoms with E-state index in [9.17, 15) is 4.79 Å². The number of hydrogen-bond donors (Lipinski definition) is 1. The summed E-state index contributed by atoms with van der Waals surface area (Å²) in [4.78, 5) is 12.5. The zero-order chi connectivity index (χ0) is 49.3. The average Bonchev–Trinajstić information content (AvgIpc) is 3.29. The number of methoxy groups -OCH3 is 2. The molecule has 4 aromatic carbocycles. The molecule has 1 aliphatic carbocycles. The fraction of sp³-hybridized carbons (Fsp3) is 0.491. The normalized spacial score (nSPS) is 19.9. The van der Waals surface area contributed by atoms with Crippen LogP contribution in [0, 0.1) is 17.8 Å². The summed E-state index contributed by atoms with van der Waals surface area (Å²) < 4.78 is 44.3. The second kappa shape index (κ2) is 22.4. The van der Waals surface area contributed by atoms with Crippen LogP contribution in [0.25, 0.3) is 0 Å². The van der Waals surface area contributed by atoms with Crippen LogP contribution in [-0.2, 0) is 36.1 Å². The van der Waals surface area contributed by atoms with Crippen molar-refractivity contribution in [1.29, 1.82) is 0 Å². The minimum Gasteiger partial charge on any atom is -0.497 e. The summed E-state index contributed by atoms with van der Waals surface area (Å²) in [5, 5.41) is 6.32. The molecular formula is C57H79NO8Si2.